The highest BCUT2D eigenvalue weighted by Gasteiger charge is 2.24. The standard InChI is InChI=1S/C17H18N2O/c1-2-5-13-8-10-14(11-9-13)19-12-18-16-7-4-3-6-15(16)17(19)20/h3-4,6-11,18H,2,5,12H2,1H3. The molecule has 1 amide bonds. The van der Waals surface area contributed by atoms with Crippen LogP contribution in [0, 0.1) is 0 Å². The molecular weight excluding hydrogens is 248 g/mol. The number of para-hydroxylation sites is 1. The number of benzene rings is 2. The molecule has 3 nitrogen and oxygen atoms in total. The molecule has 1 heterocycles. The molecule has 0 fully saturated rings. The van der Waals surface area contributed by atoms with E-state index in [9.17, 15) is 4.79 Å². The van der Waals surface area contributed by atoms with E-state index in [1.54, 1.807) is 4.90 Å². The third-order valence-electron chi connectivity index (χ3n) is 3.62. The van der Waals surface area contributed by atoms with Gasteiger partial charge in [-0.3, -0.25) is 9.69 Å². The Labute approximate surface area is 119 Å². The number of aryl methyl sites for hydroxylation is 1. The summed E-state index contributed by atoms with van der Waals surface area (Å²) >= 11 is 0. The minimum absolute atomic E-state index is 0.0580. The number of rotatable bonds is 3. The Kier molecular flexibility index (Phi) is 3.42. The molecule has 0 bridgehead atoms. The number of amides is 1. The largest absolute Gasteiger partial charge is 0.367 e. The van der Waals surface area contributed by atoms with E-state index in [1.165, 1.54) is 5.56 Å². The van der Waals surface area contributed by atoms with Crippen LogP contribution in [0.4, 0.5) is 11.4 Å². The van der Waals surface area contributed by atoms with Gasteiger partial charge in [-0.15, -0.1) is 0 Å². The monoisotopic (exact) mass is 266 g/mol. The first-order chi connectivity index (χ1) is 9.79. The minimum atomic E-state index is 0.0580. The zero-order valence-electron chi connectivity index (χ0n) is 11.6. The molecule has 0 aromatic heterocycles. The van der Waals surface area contributed by atoms with Crippen LogP contribution < -0.4 is 10.2 Å². The highest BCUT2D eigenvalue weighted by molar-refractivity contribution is 6.11. The molecule has 2 aromatic carbocycles. The number of carbonyl (C=O) groups excluding carboxylic acids is 1. The number of nitrogens with one attached hydrogen (secondary N) is 1. The second-order valence-electron chi connectivity index (χ2n) is 5.03. The Morgan fingerprint density at radius 2 is 1.85 bits per heavy atom. The number of hydrogen-bond donors (Lipinski definition) is 1. The first-order valence-corrected chi connectivity index (χ1v) is 7.03. The molecule has 0 aliphatic carbocycles. The van der Waals surface area contributed by atoms with Crippen molar-refractivity contribution in [1.29, 1.82) is 0 Å². The molecule has 3 rings (SSSR count). The van der Waals surface area contributed by atoms with E-state index in [4.69, 9.17) is 0 Å². The molecule has 1 N–H and O–H groups in total. The lowest BCUT2D eigenvalue weighted by molar-refractivity contribution is 0.0986. The smallest absolute Gasteiger partial charge is 0.261 e. The average Bonchev–Trinajstić information content (AvgIpc) is 2.49. The van der Waals surface area contributed by atoms with Crippen LogP contribution in [0.25, 0.3) is 0 Å². The Morgan fingerprint density at radius 3 is 2.60 bits per heavy atom. The fourth-order valence-electron chi connectivity index (χ4n) is 2.54. The van der Waals surface area contributed by atoms with E-state index in [0.717, 1.165) is 29.8 Å². The lowest BCUT2D eigenvalue weighted by Gasteiger charge is -2.29. The van der Waals surface area contributed by atoms with E-state index in [0.29, 0.717) is 6.67 Å². The number of hydrogen-bond acceptors (Lipinski definition) is 2. The van der Waals surface area contributed by atoms with Crippen molar-refractivity contribution >= 4 is 17.3 Å². The SMILES string of the molecule is CCCc1ccc(N2CNc3ccccc3C2=O)cc1. The van der Waals surface area contributed by atoms with Crippen molar-refractivity contribution in [3.8, 4) is 0 Å². The summed E-state index contributed by atoms with van der Waals surface area (Å²) in [5.41, 5.74) is 3.90. The quantitative estimate of drug-likeness (QED) is 0.919. The van der Waals surface area contributed by atoms with Crippen LogP contribution in [0.3, 0.4) is 0 Å². The van der Waals surface area contributed by atoms with Crippen LogP contribution in [-0.4, -0.2) is 12.6 Å². The molecule has 0 unspecified atom stereocenters. The maximum atomic E-state index is 12.5. The van der Waals surface area contributed by atoms with Crippen molar-refractivity contribution in [3.63, 3.8) is 0 Å². The third-order valence-corrected chi connectivity index (χ3v) is 3.62. The summed E-state index contributed by atoms with van der Waals surface area (Å²) in [6.07, 6.45) is 2.21. The van der Waals surface area contributed by atoms with E-state index in [1.807, 2.05) is 36.4 Å². The number of fused-ring (bicyclic) bond motifs is 1. The molecule has 1 aliphatic heterocycles. The van der Waals surface area contributed by atoms with Crippen molar-refractivity contribution in [2.75, 3.05) is 16.9 Å². The van der Waals surface area contributed by atoms with E-state index in [2.05, 4.69) is 24.4 Å². The van der Waals surface area contributed by atoms with Crippen molar-refractivity contribution in [1.82, 2.24) is 0 Å². The maximum absolute atomic E-state index is 12.5. The van der Waals surface area contributed by atoms with Gasteiger partial charge in [-0.05, 0) is 36.2 Å². The molecule has 0 atom stereocenters. The molecule has 0 saturated carbocycles. The molecule has 102 valence electrons. The first-order valence-electron chi connectivity index (χ1n) is 7.03. The van der Waals surface area contributed by atoms with Crippen LogP contribution >= 0.6 is 0 Å². The summed E-state index contributed by atoms with van der Waals surface area (Å²) < 4.78 is 0. The van der Waals surface area contributed by atoms with Crippen molar-refractivity contribution in [2.45, 2.75) is 19.8 Å². The summed E-state index contributed by atoms with van der Waals surface area (Å²) in [6.45, 7) is 2.69. The van der Waals surface area contributed by atoms with Gasteiger partial charge in [0.05, 0.1) is 12.2 Å². The zero-order chi connectivity index (χ0) is 13.9. The van der Waals surface area contributed by atoms with Gasteiger partial charge in [0.25, 0.3) is 5.91 Å². The summed E-state index contributed by atoms with van der Waals surface area (Å²) in [5, 5.41) is 3.29. The molecule has 1 aliphatic rings. The van der Waals surface area contributed by atoms with E-state index >= 15 is 0 Å². The van der Waals surface area contributed by atoms with Gasteiger partial charge in [-0.1, -0.05) is 37.6 Å². The molecule has 0 saturated heterocycles. The summed E-state index contributed by atoms with van der Waals surface area (Å²) in [6, 6.07) is 15.9. The Hall–Kier alpha value is -2.29. The highest BCUT2D eigenvalue weighted by atomic mass is 16.2. The topological polar surface area (TPSA) is 32.3 Å². The van der Waals surface area contributed by atoms with Crippen molar-refractivity contribution in [2.24, 2.45) is 0 Å². The van der Waals surface area contributed by atoms with E-state index in [-0.39, 0.29) is 5.91 Å². The molecule has 20 heavy (non-hydrogen) atoms. The molecule has 3 heteroatoms. The van der Waals surface area contributed by atoms with Crippen LogP contribution in [0.15, 0.2) is 48.5 Å². The normalized spacial score (nSPS) is 13.8. The first kappa shape index (κ1) is 12.7. The van der Waals surface area contributed by atoms with Gasteiger partial charge in [0.1, 0.15) is 0 Å². The third kappa shape index (κ3) is 2.27. The summed E-state index contributed by atoms with van der Waals surface area (Å²) in [4.78, 5) is 14.3. The van der Waals surface area contributed by atoms with Gasteiger partial charge < -0.3 is 5.32 Å². The number of carbonyl (C=O) groups is 1. The van der Waals surface area contributed by atoms with Gasteiger partial charge in [0.15, 0.2) is 0 Å². The van der Waals surface area contributed by atoms with Crippen molar-refractivity contribution < 1.29 is 4.79 Å². The highest BCUT2D eigenvalue weighted by Crippen LogP contribution is 2.26. The second kappa shape index (κ2) is 5.37. The van der Waals surface area contributed by atoms with Gasteiger partial charge >= 0.3 is 0 Å². The lowest BCUT2D eigenvalue weighted by Crippen LogP contribution is -2.39. The Morgan fingerprint density at radius 1 is 1.10 bits per heavy atom. The molecule has 0 spiro atoms. The zero-order valence-corrected chi connectivity index (χ0v) is 11.6. The fraction of sp³-hybridized carbons (Fsp3) is 0.235. The molecular formula is C17H18N2O. The Balaban J connectivity index is 1.87. The summed E-state index contributed by atoms with van der Waals surface area (Å²) in [7, 11) is 0. The van der Waals surface area contributed by atoms with Crippen LogP contribution in [0.1, 0.15) is 29.3 Å². The predicted molar refractivity (Wildman–Crippen MR) is 82.2 cm³/mol. The summed E-state index contributed by atoms with van der Waals surface area (Å²) in [5.74, 6) is 0.0580. The van der Waals surface area contributed by atoms with E-state index < -0.39 is 0 Å². The average molecular weight is 266 g/mol. The molecule has 0 radical (unpaired) electrons. The second-order valence-corrected chi connectivity index (χ2v) is 5.03. The van der Waals surface area contributed by atoms with Crippen LogP contribution in [0.2, 0.25) is 0 Å². The fourth-order valence-corrected chi connectivity index (χ4v) is 2.54. The lowest BCUT2D eigenvalue weighted by atomic mass is 10.1. The van der Waals surface area contributed by atoms with Crippen LogP contribution in [0.5, 0.6) is 0 Å². The molecule has 2 aromatic rings. The maximum Gasteiger partial charge on any atom is 0.261 e. The number of anilines is 2. The van der Waals surface area contributed by atoms with Gasteiger partial charge in [-0.2, -0.15) is 0 Å². The van der Waals surface area contributed by atoms with Gasteiger partial charge in [0.2, 0.25) is 0 Å². The van der Waals surface area contributed by atoms with Crippen LogP contribution in [-0.2, 0) is 6.42 Å². The predicted octanol–water partition coefficient (Wildman–Crippen LogP) is 3.67. The van der Waals surface area contributed by atoms with Gasteiger partial charge in [-0.25, -0.2) is 0 Å². The van der Waals surface area contributed by atoms with Crippen molar-refractivity contribution in [3.05, 3.63) is 59.7 Å². The minimum Gasteiger partial charge on any atom is -0.367 e. The van der Waals surface area contributed by atoms with Gasteiger partial charge in [0, 0.05) is 11.4 Å². The Bertz CT molecular complexity index is 619. The number of nitrogens with zero attached hydrogens (tertiary/aromatic N) is 1.